The summed E-state index contributed by atoms with van der Waals surface area (Å²) in [6.07, 6.45) is -10.6. The highest BCUT2D eigenvalue weighted by Gasteiger charge is 2.52. The van der Waals surface area contributed by atoms with E-state index in [0.29, 0.717) is 24.9 Å². The number of rotatable bonds is 21. The van der Waals surface area contributed by atoms with E-state index in [1.807, 2.05) is 13.8 Å². The molecule has 0 aromatic heterocycles. The second kappa shape index (κ2) is 35.6. The fourth-order valence-corrected chi connectivity index (χ4v) is 18.0. The highest BCUT2D eigenvalue weighted by molar-refractivity contribution is 6.32. The number of carbonyl (C=O) groups excluding carboxylic acids is 9. The van der Waals surface area contributed by atoms with E-state index >= 15 is 28.8 Å². The quantitative estimate of drug-likeness (QED) is 0.0355. The van der Waals surface area contributed by atoms with Crippen LogP contribution in [0.5, 0.6) is 46.0 Å². The lowest BCUT2D eigenvalue weighted by atomic mass is 9.54. The van der Waals surface area contributed by atoms with Crippen molar-refractivity contribution in [3.8, 4) is 57.1 Å². The summed E-state index contributed by atoms with van der Waals surface area (Å²) in [7, 11) is 4.88. The van der Waals surface area contributed by atoms with Crippen LogP contribution in [-0.4, -0.2) is 214 Å². The third-order valence-electron chi connectivity index (χ3n) is 23.6. The van der Waals surface area contributed by atoms with Gasteiger partial charge < -0.3 is 128 Å². The third-order valence-corrected chi connectivity index (χ3v) is 23.9. The van der Waals surface area contributed by atoms with Gasteiger partial charge in [-0.15, -0.1) is 0 Å². The van der Waals surface area contributed by atoms with Gasteiger partial charge in [0, 0.05) is 41.9 Å². The second-order valence-electron chi connectivity index (χ2n) is 32.4. The maximum Gasteiger partial charge on any atom is 0.258 e. The number of carbonyl (C=O) groups is 9. The van der Waals surface area contributed by atoms with Crippen molar-refractivity contribution < 1.29 is 118 Å². The number of fused-ring (bicyclic) bond motifs is 12. The molecule has 6 aromatic rings. The number of halogens is 1. The van der Waals surface area contributed by atoms with E-state index < -0.39 is 186 Å². The molecule has 0 spiro atoms. The summed E-state index contributed by atoms with van der Waals surface area (Å²) in [4.78, 5) is 140. The van der Waals surface area contributed by atoms with Gasteiger partial charge in [0.05, 0.1) is 24.1 Å². The maximum absolute atomic E-state index is 16.6. The summed E-state index contributed by atoms with van der Waals surface area (Å²) in [6, 6.07) is 5.45. The number of imide groups is 1. The molecule has 6 aromatic carbocycles. The Morgan fingerprint density at radius 3 is 1.87 bits per heavy atom. The van der Waals surface area contributed by atoms with E-state index in [2.05, 4.69) is 58.5 Å². The molecule has 14 atom stereocenters. The maximum atomic E-state index is 16.6. The average molecular weight is 1680 g/mol. The minimum Gasteiger partial charge on any atom is -0.508 e. The third kappa shape index (κ3) is 17.6. The molecule has 120 heavy (non-hydrogen) atoms. The number of hydrogen-bond acceptors (Lipinski definition) is 27. The molecule has 0 unspecified atom stereocenters. The number of aromatic hydroxyl groups is 1. The van der Waals surface area contributed by atoms with Crippen LogP contribution in [0.1, 0.15) is 144 Å². The van der Waals surface area contributed by atoms with Gasteiger partial charge >= 0.3 is 0 Å². The molecule has 4 saturated carbocycles. The van der Waals surface area contributed by atoms with Crippen molar-refractivity contribution in [1.82, 2.24) is 58.5 Å². The monoisotopic (exact) mass is 1680 g/mol. The van der Waals surface area contributed by atoms with Crippen LogP contribution >= 0.6 is 11.6 Å². The summed E-state index contributed by atoms with van der Waals surface area (Å²) in [5, 5.41) is 136. The zero-order chi connectivity index (χ0) is 85.6. The Hall–Kier alpha value is -10.6. The number of benzene rings is 6. The fraction of sp³-hybridized carbons (Fsp3) is 0.464. The molecule has 35 nitrogen and oxygen atoms in total. The van der Waals surface area contributed by atoms with Gasteiger partial charge in [0.25, 0.3) is 5.91 Å². The standard InChI is InChI=1S/C84H98ClN11O24/c1-35(2)17-54(88-6)76(106)95-67-69(100)40-8-11-56(36(3)18-40)117-58-28-44-29-59(74(58)120-83-73(104)72(103)71(102)60(34-97)119-83)118-57-12-9-41(27-53(57)85)70(101)68-82(112)94-66(80(110)91-63-42-20-37-19-38(22-42)23-43(63)21-37)50-30-46(98)31-52-62(50)49-26-39(7-10-51(49)84(52,113)114)64(78(108)96-68)93-79(109)65(44)92-77(107)55(89-81(67)111)33-61(99)90-75(105)45-24-47(115-15-13-86-4)32-48(25-45)116-16-14-87-5/h7-12,18,24-32,35,37-38,42-43,54-55,60,63-73,83,86-88,97-98,100-104,113-114H,13-17,19-23,33-34H2,1-6H3,(H,89,111)(H,91,110)(H,92,107)(H,93,109)(H,94,112)(H,95,106)(H,96,108)(H,90,99,105)/t37?,38?,42?,43?,54-,55+,60-,63?,64-,65-,66+,67-,68+,69-,70-,71-,72+,73-,83+/m1/s1. The molecule has 6 heterocycles. The van der Waals surface area contributed by atoms with Crippen LogP contribution < -0.4 is 82.2 Å². The predicted octanol–water partition coefficient (Wildman–Crippen LogP) is 1.14. The number of hydrogen-bond donors (Lipinski definition) is 20. The van der Waals surface area contributed by atoms with Gasteiger partial charge in [-0.3, -0.25) is 48.5 Å². The van der Waals surface area contributed by atoms with E-state index in [-0.39, 0.29) is 127 Å². The molecule has 1 saturated heterocycles. The summed E-state index contributed by atoms with van der Waals surface area (Å²) >= 11 is 7.21. The lowest BCUT2D eigenvalue weighted by molar-refractivity contribution is -0.277. The highest BCUT2D eigenvalue weighted by Crippen LogP contribution is 2.56. The number of ether oxygens (including phenoxy) is 6. The molecule has 11 aliphatic rings. The molecular formula is C84H98ClN11O24. The molecule has 6 aliphatic heterocycles. The average Bonchev–Trinajstić information content (AvgIpc) is 1.55. The largest absolute Gasteiger partial charge is 0.508 e. The summed E-state index contributed by atoms with van der Waals surface area (Å²) in [5.41, 5.74) is -1.97. The molecule has 17 rings (SSSR count). The smallest absolute Gasteiger partial charge is 0.258 e. The number of likely N-dealkylation sites (N-methyl/N-ethyl adjacent to an activating group) is 3. The Morgan fingerprint density at radius 2 is 1.24 bits per heavy atom. The van der Waals surface area contributed by atoms with Crippen molar-refractivity contribution in [1.29, 1.82) is 0 Å². The van der Waals surface area contributed by atoms with Gasteiger partial charge in [-0.1, -0.05) is 49.7 Å². The van der Waals surface area contributed by atoms with E-state index in [1.54, 1.807) is 14.1 Å². The van der Waals surface area contributed by atoms with Crippen LogP contribution in [0.25, 0.3) is 11.1 Å². The molecule has 15 bridgehead atoms. The molecular weight excluding hydrogens is 1580 g/mol. The number of amides is 9. The van der Waals surface area contributed by atoms with Crippen molar-refractivity contribution in [3.05, 3.63) is 152 Å². The first kappa shape index (κ1) is 85.8. The predicted molar refractivity (Wildman–Crippen MR) is 424 cm³/mol. The fourth-order valence-electron chi connectivity index (χ4n) is 17.7. The summed E-state index contributed by atoms with van der Waals surface area (Å²) < 4.78 is 37.6. The van der Waals surface area contributed by atoms with Gasteiger partial charge in [-0.25, -0.2) is 0 Å². The number of nitrogens with one attached hydrogen (secondary N) is 11. The molecule has 5 fully saturated rings. The molecule has 20 N–H and O–H groups in total. The van der Waals surface area contributed by atoms with Crippen LogP contribution in [0.15, 0.2) is 97.1 Å². The first-order valence-electron chi connectivity index (χ1n) is 39.9. The summed E-state index contributed by atoms with van der Waals surface area (Å²) in [5.74, 6) is -15.2. The Bertz CT molecular complexity index is 4940. The van der Waals surface area contributed by atoms with Gasteiger partial charge in [0.15, 0.2) is 11.5 Å². The highest BCUT2D eigenvalue weighted by atomic mass is 35.5. The molecule has 5 aliphatic carbocycles. The normalized spacial score (nSPS) is 27.9. The topological polar surface area (TPSA) is 523 Å². The van der Waals surface area contributed by atoms with Gasteiger partial charge in [0.1, 0.15) is 115 Å². The molecule has 36 heteroatoms. The first-order valence-corrected chi connectivity index (χ1v) is 40.3. The lowest BCUT2D eigenvalue weighted by Crippen LogP contribution is -2.60. The zero-order valence-electron chi connectivity index (χ0n) is 66.3. The van der Waals surface area contributed by atoms with Gasteiger partial charge in [-0.05, 0) is 207 Å². The van der Waals surface area contributed by atoms with Crippen LogP contribution in [0.3, 0.4) is 0 Å². The van der Waals surface area contributed by atoms with Crippen molar-refractivity contribution in [2.45, 2.75) is 163 Å². The Morgan fingerprint density at radius 1 is 0.625 bits per heavy atom. The van der Waals surface area contributed by atoms with Gasteiger partial charge in [0.2, 0.25) is 65.1 Å². The van der Waals surface area contributed by atoms with E-state index in [1.165, 1.54) is 80.7 Å². The van der Waals surface area contributed by atoms with Gasteiger partial charge in [-0.2, -0.15) is 0 Å². The zero-order valence-corrected chi connectivity index (χ0v) is 67.1. The number of aliphatic hydroxyl groups is 8. The SMILES string of the molecule is CNCCOc1cc(OCCNC)cc(C(=O)NC(=O)C[C@@H]2NC(=O)[C@H](NC(=O)[C@@H](CC(C)C)NC)[C@H](O)c3ccc(c(C)c3)Oc3cc4cc(c3O[C@@H]3O[C@H](CO)[C@@H](O)[C@H](O)[C@H]3O)Oc3ccc(cc3Cl)[C@@H](O)[C@@H]3NC(=O)[C@H](NC(=O)[C@@H]4NC2=O)c2ccc4c(c2)-c2c(cc(O)cc2C4(O)O)[C@@H](C(=O)NC2C4CC5CC(C4)CC2C5)NC3=O)c1. The molecule has 640 valence electrons. The van der Waals surface area contributed by atoms with Crippen molar-refractivity contribution in [3.63, 3.8) is 0 Å². The molecule has 0 radical (unpaired) electrons. The number of phenolic OH excluding ortho intramolecular Hbond substituents is 1. The Kier molecular flexibility index (Phi) is 25.4. The van der Waals surface area contributed by atoms with Crippen LogP contribution in [-0.2, 0) is 48.9 Å². The van der Waals surface area contributed by atoms with Crippen LogP contribution in [0, 0.1) is 36.5 Å². The van der Waals surface area contributed by atoms with Crippen LogP contribution in [0.4, 0.5) is 0 Å². The minimum atomic E-state index is -2.98. The number of aryl methyl sites for hydroxylation is 1. The number of phenols is 1. The van der Waals surface area contributed by atoms with Crippen molar-refractivity contribution >= 4 is 64.8 Å². The lowest BCUT2D eigenvalue weighted by Gasteiger charge is -2.54. The van der Waals surface area contributed by atoms with Crippen molar-refractivity contribution in [2.24, 2.45) is 29.6 Å². The second-order valence-corrected chi connectivity index (χ2v) is 32.8. The van der Waals surface area contributed by atoms with E-state index in [4.69, 9.17) is 40.0 Å². The van der Waals surface area contributed by atoms with E-state index in [0.717, 1.165) is 62.4 Å². The van der Waals surface area contributed by atoms with Crippen molar-refractivity contribution in [2.75, 3.05) is 54.1 Å². The van der Waals surface area contributed by atoms with E-state index in [9.17, 15) is 60.3 Å². The molecule has 9 amide bonds. The van der Waals surface area contributed by atoms with Crippen LogP contribution in [0.2, 0.25) is 5.02 Å². The minimum absolute atomic E-state index is 0.0575. The summed E-state index contributed by atoms with van der Waals surface area (Å²) in [6.45, 7) is 5.23. The Labute approximate surface area is 693 Å². The number of aliphatic hydroxyl groups excluding tert-OH is 6. The Balaban J connectivity index is 0.950. The first-order chi connectivity index (χ1) is 57.3.